The smallest absolute Gasteiger partial charge is 0.161 e. The van der Waals surface area contributed by atoms with Crippen molar-refractivity contribution in [3.8, 4) is 11.5 Å². The van der Waals surface area contributed by atoms with Crippen molar-refractivity contribution in [3.63, 3.8) is 0 Å². The summed E-state index contributed by atoms with van der Waals surface area (Å²) in [7, 11) is 1.63. The van der Waals surface area contributed by atoms with Crippen LogP contribution >= 0.6 is 0 Å². The van der Waals surface area contributed by atoms with E-state index in [0.29, 0.717) is 18.3 Å². The third-order valence-electron chi connectivity index (χ3n) is 3.16. The van der Waals surface area contributed by atoms with Crippen molar-refractivity contribution in [2.45, 2.75) is 26.4 Å². The van der Waals surface area contributed by atoms with Crippen LogP contribution in [0.5, 0.6) is 11.5 Å². The van der Waals surface area contributed by atoms with E-state index >= 15 is 0 Å². The van der Waals surface area contributed by atoms with Crippen LogP contribution in [0.1, 0.15) is 30.9 Å². The number of hydrogen-bond acceptors (Lipinski definition) is 2. The van der Waals surface area contributed by atoms with E-state index in [1.165, 1.54) is 17.7 Å². The number of methoxy groups -OCH3 is 1. The molecule has 0 bridgehead atoms. The summed E-state index contributed by atoms with van der Waals surface area (Å²) in [5, 5.41) is 0. The van der Waals surface area contributed by atoms with Crippen molar-refractivity contribution < 1.29 is 13.9 Å². The molecule has 0 amide bonds. The van der Waals surface area contributed by atoms with E-state index in [1.807, 2.05) is 18.2 Å². The highest BCUT2D eigenvalue weighted by molar-refractivity contribution is 5.43. The zero-order chi connectivity index (χ0) is 14.5. The third kappa shape index (κ3) is 3.50. The molecule has 0 saturated carbocycles. The van der Waals surface area contributed by atoms with Crippen molar-refractivity contribution in [1.29, 1.82) is 0 Å². The van der Waals surface area contributed by atoms with E-state index < -0.39 is 0 Å². The van der Waals surface area contributed by atoms with Crippen LogP contribution in [0.2, 0.25) is 0 Å². The fraction of sp³-hybridized carbons (Fsp3) is 0.294. The van der Waals surface area contributed by atoms with Gasteiger partial charge < -0.3 is 9.47 Å². The van der Waals surface area contributed by atoms with Gasteiger partial charge in [0.05, 0.1) is 7.11 Å². The molecule has 0 fully saturated rings. The Bertz CT molecular complexity index is 562. The average Bonchev–Trinajstić information content (AvgIpc) is 2.46. The summed E-state index contributed by atoms with van der Waals surface area (Å²) in [6.07, 6.45) is 0. The molecule has 2 nitrogen and oxygen atoms in total. The molecule has 2 aromatic carbocycles. The topological polar surface area (TPSA) is 18.5 Å². The minimum absolute atomic E-state index is 0.243. The molecule has 0 aliphatic rings. The molecule has 0 aliphatic heterocycles. The van der Waals surface area contributed by atoms with Crippen molar-refractivity contribution >= 4 is 0 Å². The van der Waals surface area contributed by atoms with Crippen molar-refractivity contribution in [2.24, 2.45) is 0 Å². The Labute approximate surface area is 119 Å². The van der Waals surface area contributed by atoms with Crippen molar-refractivity contribution in [3.05, 3.63) is 59.4 Å². The second-order valence-corrected chi connectivity index (χ2v) is 4.98. The molecule has 2 aromatic rings. The Kier molecular flexibility index (Phi) is 4.61. The highest BCUT2D eigenvalue weighted by Gasteiger charge is 2.08. The number of ether oxygens (including phenoxy) is 2. The third-order valence-corrected chi connectivity index (χ3v) is 3.16. The Morgan fingerprint density at radius 1 is 1.00 bits per heavy atom. The lowest BCUT2D eigenvalue weighted by Crippen LogP contribution is -1.99. The average molecular weight is 274 g/mol. The van der Waals surface area contributed by atoms with Crippen LogP contribution in [-0.2, 0) is 6.61 Å². The van der Waals surface area contributed by atoms with Gasteiger partial charge in [0, 0.05) is 0 Å². The largest absolute Gasteiger partial charge is 0.493 e. The Balaban J connectivity index is 2.10. The van der Waals surface area contributed by atoms with Crippen molar-refractivity contribution in [1.82, 2.24) is 0 Å². The number of hydrogen-bond donors (Lipinski definition) is 0. The van der Waals surface area contributed by atoms with Gasteiger partial charge in [0.15, 0.2) is 11.5 Å². The molecule has 106 valence electrons. The van der Waals surface area contributed by atoms with Gasteiger partial charge in [-0.1, -0.05) is 32.0 Å². The van der Waals surface area contributed by atoms with Gasteiger partial charge in [-0.25, -0.2) is 4.39 Å². The maximum Gasteiger partial charge on any atom is 0.161 e. The van der Waals surface area contributed by atoms with E-state index in [1.54, 1.807) is 19.2 Å². The van der Waals surface area contributed by atoms with E-state index in [0.717, 1.165) is 11.3 Å². The quantitative estimate of drug-likeness (QED) is 0.797. The molecular formula is C17H19FO2. The van der Waals surface area contributed by atoms with Gasteiger partial charge in [-0.05, 0) is 41.3 Å². The first-order valence-corrected chi connectivity index (χ1v) is 6.65. The molecule has 0 atom stereocenters. The monoisotopic (exact) mass is 274 g/mol. The first-order valence-electron chi connectivity index (χ1n) is 6.65. The van der Waals surface area contributed by atoms with Crippen LogP contribution in [0, 0.1) is 5.82 Å². The highest BCUT2D eigenvalue weighted by Crippen LogP contribution is 2.31. The predicted octanol–water partition coefficient (Wildman–Crippen LogP) is 4.54. The van der Waals surface area contributed by atoms with E-state index in [2.05, 4.69) is 13.8 Å². The summed E-state index contributed by atoms with van der Waals surface area (Å²) in [4.78, 5) is 0. The van der Waals surface area contributed by atoms with Gasteiger partial charge >= 0.3 is 0 Å². The van der Waals surface area contributed by atoms with Crippen molar-refractivity contribution in [2.75, 3.05) is 7.11 Å². The lowest BCUT2D eigenvalue weighted by Gasteiger charge is -2.13. The van der Waals surface area contributed by atoms with Crippen LogP contribution in [0.4, 0.5) is 4.39 Å². The fourth-order valence-electron chi connectivity index (χ4n) is 1.90. The van der Waals surface area contributed by atoms with Gasteiger partial charge in [0.2, 0.25) is 0 Å². The van der Waals surface area contributed by atoms with Crippen LogP contribution in [-0.4, -0.2) is 7.11 Å². The summed E-state index contributed by atoms with van der Waals surface area (Å²) in [6, 6.07) is 12.2. The van der Waals surface area contributed by atoms with Crippen LogP contribution < -0.4 is 9.47 Å². The maximum atomic E-state index is 12.8. The van der Waals surface area contributed by atoms with Crippen LogP contribution in [0.3, 0.4) is 0 Å². The standard InChI is InChI=1S/C17H19FO2/c1-12(2)14-6-9-16(17(10-14)19-3)20-11-13-4-7-15(18)8-5-13/h4-10,12H,11H2,1-3H3. The highest BCUT2D eigenvalue weighted by atomic mass is 19.1. The SMILES string of the molecule is COc1cc(C(C)C)ccc1OCc1ccc(F)cc1. The minimum Gasteiger partial charge on any atom is -0.493 e. The van der Waals surface area contributed by atoms with Crippen LogP contribution in [0.25, 0.3) is 0 Å². The van der Waals surface area contributed by atoms with Gasteiger partial charge in [-0.3, -0.25) is 0 Å². The van der Waals surface area contributed by atoms with Gasteiger partial charge in [-0.15, -0.1) is 0 Å². The maximum absolute atomic E-state index is 12.8. The second-order valence-electron chi connectivity index (χ2n) is 4.98. The molecule has 0 aliphatic carbocycles. The molecule has 0 aromatic heterocycles. The van der Waals surface area contributed by atoms with E-state index in [9.17, 15) is 4.39 Å². The zero-order valence-electron chi connectivity index (χ0n) is 12.0. The Hall–Kier alpha value is -2.03. The Morgan fingerprint density at radius 2 is 1.70 bits per heavy atom. The summed E-state index contributed by atoms with van der Waals surface area (Å²) >= 11 is 0. The summed E-state index contributed by atoms with van der Waals surface area (Å²) in [6.45, 7) is 4.65. The van der Waals surface area contributed by atoms with E-state index in [4.69, 9.17) is 9.47 Å². The molecule has 0 N–H and O–H groups in total. The summed E-state index contributed by atoms with van der Waals surface area (Å²) in [5.41, 5.74) is 2.12. The molecule has 0 spiro atoms. The number of benzene rings is 2. The lowest BCUT2D eigenvalue weighted by molar-refractivity contribution is 0.284. The Morgan fingerprint density at radius 3 is 2.30 bits per heavy atom. The fourth-order valence-corrected chi connectivity index (χ4v) is 1.90. The second kappa shape index (κ2) is 6.42. The number of rotatable bonds is 5. The molecular weight excluding hydrogens is 255 g/mol. The van der Waals surface area contributed by atoms with Gasteiger partial charge in [0.1, 0.15) is 12.4 Å². The van der Waals surface area contributed by atoms with Crippen LogP contribution in [0.15, 0.2) is 42.5 Å². The summed E-state index contributed by atoms with van der Waals surface area (Å²) in [5.74, 6) is 1.61. The predicted molar refractivity (Wildman–Crippen MR) is 77.8 cm³/mol. The normalized spacial score (nSPS) is 10.7. The molecule has 0 radical (unpaired) electrons. The number of halogens is 1. The molecule has 0 unspecified atom stereocenters. The molecule has 20 heavy (non-hydrogen) atoms. The molecule has 0 heterocycles. The molecule has 2 rings (SSSR count). The first kappa shape index (κ1) is 14.4. The summed E-state index contributed by atoms with van der Waals surface area (Å²) < 4.78 is 23.9. The minimum atomic E-state index is -0.243. The zero-order valence-corrected chi connectivity index (χ0v) is 12.0. The van der Waals surface area contributed by atoms with Gasteiger partial charge in [-0.2, -0.15) is 0 Å². The van der Waals surface area contributed by atoms with Gasteiger partial charge in [0.25, 0.3) is 0 Å². The lowest BCUT2D eigenvalue weighted by atomic mass is 10.0. The molecule has 3 heteroatoms. The first-order chi connectivity index (χ1) is 9.60. The van der Waals surface area contributed by atoms with E-state index in [-0.39, 0.29) is 5.82 Å². The molecule has 0 saturated heterocycles.